The van der Waals surface area contributed by atoms with Crippen LogP contribution in [0.1, 0.15) is 383 Å². The zero-order valence-electron chi connectivity index (χ0n) is 62.3. The van der Waals surface area contributed by atoms with Crippen molar-refractivity contribution >= 4 is 39.5 Å². The molecule has 95 heavy (non-hydrogen) atoms. The van der Waals surface area contributed by atoms with Gasteiger partial charge in [-0.1, -0.05) is 331 Å². The van der Waals surface area contributed by atoms with E-state index in [1.165, 1.54) is 180 Å². The van der Waals surface area contributed by atoms with Crippen LogP contribution >= 0.6 is 15.6 Å². The summed E-state index contributed by atoms with van der Waals surface area (Å²) >= 11 is 0. The molecule has 0 spiro atoms. The highest BCUT2D eigenvalue weighted by Gasteiger charge is 2.30. The van der Waals surface area contributed by atoms with Crippen molar-refractivity contribution < 1.29 is 80.2 Å². The summed E-state index contributed by atoms with van der Waals surface area (Å²) in [6.07, 6.45) is 50.1. The van der Waals surface area contributed by atoms with Crippen LogP contribution in [0, 0.1) is 23.7 Å². The van der Waals surface area contributed by atoms with Crippen molar-refractivity contribution in [2.45, 2.75) is 401 Å². The highest BCUT2D eigenvalue weighted by molar-refractivity contribution is 7.47. The topological polar surface area (TPSA) is 237 Å². The molecule has 0 aliphatic carbocycles. The maximum atomic E-state index is 13.1. The van der Waals surface area contributed by atoms with Crippen LogP contribution in [0.4, 0.5) is 0 Å². The molecule has 19 heteroatoms. The molecule has 2 unspecified atom stereocenters. The van der Waals surface area contributed by atoms with E-state index in [1.54, 1.807) is 0 Å². The zero-order valence-corrected chi connectivity index (χ0v) is 64.1. The van der Waals surface area contributed by atoms with E-state index in [9.17, 15) is 43.2 Å². The maximum absolute atomic E-state index is 13.1. The van der Waals surface area contributed by atoms with Gasteiger partial charge in [0, 0.05) is 25.7 Å². The second kappa shape index (κ2) is 65.4. The Balaban J connectivity index is 5.24. The molecular weight excluding hydrogens is 1250 g/mol. The molecule has 0 aromatic rings. The summed E-state index contributed by atoms with van der Waals surface area (Å²) in [5.74, 6) is 0.900. The Bertz CT molecular complexity index is 1870. The number of ether oxygens (including phenoxy) is 4. The minimum Gasteiger partial charge on any atom is -0.462 e. The summed E-state index contributed by atoms with van der Waals surface area (Å²) in [5.41, 5.74) is 0. The molecule has 0 rings (SSSR count). The summed E-state index contributed by atoms with van der Waals surface area (Å²) in [6.45, 7) is 14.2. The Kier molecular flexibility index (Phi) is 64.0. The van der Waals surface area contributed by atoms with Gasteiger partial charge in [0.05, 0.1) is 26.4 Å². The van der Waals surface area contributed by atoms with Crippen molar-refractivity contribution in [1.29, 1.82) is 0 Å². The highest BCUT2D eigenvalue weighted by Crippen LogP contribution is 2.45. The Labute approximate surface area is 581 Å². The molecule has 0 aliphatic heterocycles. The fourth-order valence-corrected chi connectivity index (χ4v) is 13.1. The van der Waals surface area contributed by atoms with Crippen molar-refractivity contribution in [2.24, 2.45) is 23.7 Å². The molecule has 3 N–H and O–H groups in total. The lowest BCUT2D eigenvalue weighted by atomic mass is 10.0. The Morgan fingerprint density at radius 3 is 0.653 bits per heavy atom. The lowest BCUT2D eigenvalue weighted by molar-refractivity contribution is -0.161. The molecule has 0 saturated carbocycles. The molecule has 0 amide bonds. The minimum absolute atomic E-state index is 0.105. The molecule has 0 radical (unpaired) electrons. The van der Waals surface area contributed by atoms with E-state index in [1.807, 2.05) is 0 Å². The van der Waals surface area contributed by atoms with Gasteiger partial charge in [0.15, 0.2) is 12.2 Å². The van der Waals surface area contributed by atoms with Crippen molar-refractivity contribution in [3.8, 4) is 0 Å². The third-order valence-corrected chi connectivity index (χ3v) is 19.5. The summed E-state index contributed by atoms with van der Waals surface area (Å²) in [6, 6.07) is 0. The van der Waals surface area contributed by atoms with Crippen molar-refractivity contribution in [1.82, 2.24) is 0 Å². The smallest absolute Gasteiger partial charge is 0.462 e. The second-order valence-electron chi connectivity index (χ2n) is 29.3. The number of unbranched alkanes of at least 4 members (excludes halogenated alkanes) is 39. The van der Waals surface area contributed by atoms with Gasteiger partial charge in [-0.3, -0.25) is 37.3 Å². The summed E-state index contributed by atoms with van der Waals surface area (Å²) < 4.78 is 68.5. The molecule has 0 aromatic heterocycles. The van der Waals surface area contributed by atoms with Gasteiger partial charge in [0.1, 0.15) is 19.3 Å². The van der Waals surface area contributed by atoms with Crippen molar-refractivity contribution in [2.75, 3.05) is 39.6 Å². The molecule has 0 saturated heterocycles. The van der Waals surface area contributed by atoms with Crippen LogP contribution in [0.3, 0.4) is 0 Å². The van der Waals surface area contributed by atoms with Crippen LogP contribution in [0.15, 0.2) is 0 Å². The third-order valence-electron chi connectivity index (χ3n) is 17.6. The lowest BCUT2D eigenvalue weighted by Gasteiger charge is -2.21. The minimum atomic E-state index is -4.96. The monoisotopic (exact) mass is 1400 g/mol. The molecule has 0 heterocycles. The van der Waals surface area contributed by atoms with E-state index >= 15 is 0 Å². The lowest BCUT2D eigenvalue weighted by Crippen LogP contribution is -2.30. The molecule has 0 aromatic carbocycles. The number of hydrogen-bond acceptors (Lipinski definition) is 15. The predicted molar refractivity (Wildman–Crippen MR) is 386 cm³/mol. The van der Waals surface area contributed by atoms with E-state index in [-0.39, 0.29) is 25.7 Å². The van der Waals surface area contributed by atoms with Crippen LogP contribution in [-0.2, 0) is 65.4 Å². The van der Waals surface area contributed by atoms with Crippen LogP contribution in [-0.4, -0.2) is 96.7 Å². The van der Waals surface area contributed by atoms with E-state index < -0.39 is 97.5 Å². The molecule has 0 aliphatic rings. The van der Waals surface area contributed by atoms with Gasteiger partial charge in [-0.05, 0) is 49.4 Å². The molecule has 0 fully saturated rings. The number of hydrogen-bond donors (Lipinski definition) is 3. The van der Waals surface area contributed by atoms with Crippen LogP contribution in [0.25, 0.3) is 0 Å². The number of carbonyl (C=O) groups excluding carboxylic acids is 4. The fraction of sp³-hybridized carbons (Fsp3) is 0.947. The first-order valence-corrected chi connectivity index (χ1v) is 42.2. The standard InChI is InChI=1S/C76H148O17P2/c1-66(2)52-44-36-28-22-16-11-9-10-12-20-26-32-42-50-58-75(80)92-71(62-86-73(78)56-48-40-31-25-19-14-13-17-23-29-37-45-53-67(3)4)64-90-94(82,83)88-60-70(77)61-89-95(84,85)91-65-72(63-87-74(79)57-49-41-35-34-39-47-55-69(7)8)93-76(81)59-51-43-33-27-21-15-18-24-30-38-46-54-68(5)6/h66-72,77H,9-65H2,1-8H3,(H,82,83)(H,84,85)/t70-,71-,72-/m1/s1. The van der Waals surface area contributed by atoms with Crippen LogP contribution < -0.4 is 0 Å². The summed E-state index contributed by atoms with van der Waals surface area (Å²) in [4.78, 5) is 72.8. The number of phosphoric acid groups is 2. The van der Waals surface area contributed by atoms with Crippen molar-refractivity contribution in [3.05, 3.63) is 0 Å². The van der Waals surface area contributed by atoms with Gasteiger partial charge in [-0.25, -0.2) is 9.13 Å². The molecule has 5 atom stereocenters. The van der Waals surface area contributed by atoms with Gasteiger partial charge >= 0.3 is 39.5 Å². The first kappa shape index (κ1) is 93.1. The number of aliphatic hydroxyl groups is 1. The number of aliphatic hydroxyl groups excluding tert-OH is 1. The van der Waals surface area contributed by atoms with Gasteiger partial charge in [-0.2, -0.15) is 0 Å². The Hall–Kier alpha value is -1.94. The normalized spacial score (nSPS) is 14.1. The van der Waals surface area contributed by atoms with E-state index in [4.69, 9.17) is 37.0 Å². The third kappa shape index (κ3) is 70.3. The summed E-state index contributed by atoms with van der Waals surface area (Å²) in [5, 5.41) is 10.6. The number of esters is 4. The average Bonchev–Trinajstić information content (AvgIpc) is 2.25. The molecular formula is C76H148O17P2. The average molecular weight is 1400 g/mol. The van der Waals surface area contributed by atoms with E-state index in [0.29, 0.717) is 31.6 Å². The zero-order chi connectivity index (χ0) is 70.3. The fourth-order valence-electron chi connectivity index (χ4n) is 11.6. The van der Waals surface area contributed by atoms with Gasteiger partial charge < -0.3 is 33.8 Å². The van der Waals surface area contributed by atoms with Crippen molar-refractivity contribution in [3.63, 3.8) is 0 Å². The Morgan fingerprint density at radius 2 is 0.442 bits per heavy atom. The maximum Gasteiger partial charge on any atom is 0.472 e. The van der Waals surface area contributed by atoms with E-state index in [2.05, 4.69) is 55.4 Å². The van der Waals surface area contributed by atoms with Crippen LogP contribution in [0.2, 0.25) is 0 Å². The predicted octanol–water partition coefficient (Wildman–Crippen LogP) is 22.0. The first-order valence-electron chi connectivity index (χ1n) is 39.2. The Morgan fingerprint density at radius 1 is 0.263 bits per heavy atom. The number of phosphoric ester groups is 2. The molecule has 17 nitrogen and oxygen atoms in total. The van der Waals surface area contributed by atoms with Crippen LogP contribution in [0.5, 0.6) is 0 Å². The van der Waals surface area contributed by atoms with E-state index in [0.717, 1.165) is 114 Å². The highest BCUT2D eigenvalue weighted by atomic mass is 31.2. The quantitative estimate of drug-likeness (QED) is 0.0222. The van der Waals surface area contributed by atoms with Gasteiger partial charge in [0.2, 0.25) is 0 Å². The second-order valence-corrected chi connectivity index (χ2v) is 32.2. The SMILES string of the molecule is CC(C)CCCCCCCCCCCCCCCCC(=O)O[C@H](COC(=O)CCCCCCCCCCCCCCC(C)C)COP(=O)(O)OC[C@@H](O)COP(=O)(O)OC[C@@H](COC(=O)CCCCCCCCC(C)C)OC(=O)CCCCCCCCCCCCCC(C)C. The molecule has 564 valence electrons. The number of carbonyl (C=O) groups is 4. The van der Waals surface area contributed by atoms with Gasteiger partial charge in [0.25, 0.3) is 0 Å². The largest absolute Gasteiger partial charge is 0.472 e. The number of rotatable bonds is 73. The van der Waals surface area contributed by atoms with Gasteiger partial charge in [-0.15, -0.1) is 0 Å². The molecule has 0 bridgehead atoms. The first-order chi connectivity index (χ1) is 45.6. The summed E-state index contributed by atoms with van der Waals surface area (Å²) in [7, 11) is -9.91.